The quantitative estimate of drug-likeness (QED) is 0.243. The second-order valence-electron chi connectivity index (χ2n) is 6.02. The molecule has 0 aliphatic carbocycles. The molecule has 0 aromatic heterocycles. The van der Waals surface area contributed by atoms with Crippen LogP contribution < -0.4 is 0 Å². The Balaban J connectivity index is 2.08. The molecule has 0 aliphatic rings. The normalized spacial score (nSPS) is 11.9. The first-order valence-corrected chi connectivity index (χ1v) is 8.92. The fourth-order valence-electron chi connectivity index (χ4n) is 2.79. The zero-order chi connectivity index (χ0) is 15.9. The number of hydrogen-bond donors (Lipinski definition) is 0. The van der Waals surface area contributed by atoms with Gasteiger partial charge in [-0.1, -0.05) is 95.4 Å². The van der Waals surface area contributed by atoms with E-state index in [1.165, 1.54) is 57.8 Å². The van der Waals surface area contributed by atoms with Crippen molar-refractivity contribution in [3.05, 3.63) is 35.9 Å². The Morgan fingerprint density at radius 1 is 1.00 bits per heavy atom. The van der Waals surface area contributed by atoms with Crippen LogP contribution in [0.25, 0.3) is 0 Å². The maximum absolute atomic E-state index is 10.6. The minimum atomic E-state index is -0.0623. The average molecular weight is 300 g/mol. The molecule has 0 bridgehead atoms. The lowest BCUT2D eigenvalue weighted by atomic mass is 10.00. The van der Waals surface area contributed by atoms with Crippen molar-refractivity contribution in [1.82, 2.24) is 0 Å². The molecular formula is C20H30NO. The zero-order valence-electron chi connectivity index (χ0n) is 14.0. The standard InChI is InChI=1S/C20H30NO/c1-2-3-4-5-6-7-8-9-10-14-17-20(21-18-22)19-15-12-11-13-16-19/h11-13,15,20H,2-10,14,17H2,1H3. The maximum Gasteiger partial charge on any atom is 0.235 e. The lowest BCUT2D eigenvalue weighted by molar-refractivity contribution is 0.522. The van der Waals surface area contributed by atoms with Crippen LogP contribution in [0.5, 0.6) is 0 Å². The summed E-state index contributed by atoms with van der Waals surface area (Å²) in [5.41, 5.74) is 1.00. The van der Waals surface area contributed by atoms with Gasteiger partial charge in [0, 0.05) is 0 Å². The van der Waals surface area contributed by atoms with Crippen molar-refractivity contribution in [3.63, 3.8) is 0 Å². The molecule has 1 unspecified atom stereocenters. The summed E-state index contributed by atoms with van der Waals surface area (Å²) < 4.78 is 0. The Morgan fingerprint density at radius 2 is 1.64 bits per heavy atom. The van der Waals surface area contributed by atoms with Gasteiger partial charge in [-0.3, -0.25) is 0 Å². The predicted molar refractivity (Wildman–Crippen MR) is 92.6 cm³/mol. The van der Waals surface area contributed by atoms with E-state index in [1.54, 1.807) is 6.08 Å². The van der Waals surface area contributed by atoms with Crippen LogP contribution in [-0.4, -0.2) is 6.08 Å². The van der Waals surface area contributed by atoms with Gasteiger partial charge in [0.15, 0.2) is 0 Å². The van der Waals surface area contributed by atoms with Crippen LogP contribution in [0.3, 0.4) is 0 Å². The van der Waals surface area contributed by atoms with Gasteiger partial charge in [-0.25, -0.2) is 4.79 Å². The third-order valence-corrected chi connectivity index (χ3v) is 4.13. The summed E-state index contributed by atoms with van der Waals surface area (Å²) in [6, 6.07) is 10.9. The van der Waals surface area contributed by atoms with E-state index in [-0.39, 0.29) is 6.04 Å². The summed E-state index contributed by atoms with van der Waals surface area (Å²) in [5, 5.41) is 0. The lowest BCUT2D eigenvalue weighted by Crippen LogP contribution is -1.96. The van der Waals surface area contributed by atoms with Crippen molar-refractivity contribution in [3.8, 4) is 0 Å². The number of unbranched alkanes of at least 4 members (excludes halogenated alkanes) is 9. The third kappa shape index (κ3) is 8.79. The van der Waals surface area contributed by atoms with Gasteiger partial charge in [-0.15, -0.1) is 0 Å². The number of benzene rings is 1. The van der Waals surface area contributed by atoms with E-state index in [4.69, 9.17) is 0 Å². The average Bonchev–Trinajstić information content (AvgIpc) is 2.56. The summed E-state index contributed by atoms with van der Waals surface area (Å²) >= 11 is 0. The molecular weight excluding hydrogens is 270 g/mol. The van der Waals surface area contributed by atoms with Crippen LogP contribution in [0.1, 0.15) is 89.2 Å². The molecule has 2 nitrogen and oxygen atoms in total. The van der Waals surface area contributed by atoms with Gasteiger partial charge in [0.25, 0.3) is 0 Å². The fraction of sp³-hybridized carbons (Fsp3) is 0.650. The highest BCUT2D eigenvalue weighted by Crippen LogP contribution is 2.23. The Morgan fingerprint density at radius 3 is 2.18 bits per heavy atom. The first-order valence-electron chi connectivity index (χ1n) is 8.92. The van der Waals surface area contributed by atoms with Crippen LogP contribution in [0.4, 0.5) is 0 Å². The van der Waals surface area contributed by atoms with E-state index >= 15 is 0 Å². The second-order valence-corrected chi connectivity index (χ2v) is 6.02. The number of isocyanates is 1. The van der Waals surface area contributed by atoms with Gasteiger partial charge < -0.3 is 0 Å². The highest BCUT2D eigenvalue weighted by molar-refractivity contribution is 5.35. The van der Waals surface area contributed by atoms with Gasteiger partial charge in [0.05, 0.1) is 6.04 Å². The minimum absolute atomic E-state index is 0.0623. The molecule has 121 valence electrons. The van der Waals surface area contributed by atoms with Crippen molar-refractivity contribution in [2.24, 2.45) is 4.99 Å². The summed E-state index contributed by atoms with van der Waals surface area (Å²) in [7, 11) is 0. The van der Waals surface area contributed by atoms with Gasteiger partial charge in [0.1, 0.15) is 0 Å². The molecule has 0 N–H and O–H groups in total. The minimum Gasteiger partial charge on any atom is -0.211 e. The largest absolute Gasteiger partial charge is 0.235 e. The van der Waals surface area contributed by atoms with Crippen molar-refractivity contribution in [2.75, 3.05) is 0 Å². The molecule has 22 heavy (non-hydrogen) atoms. The van der Waals surface area contributed by atoms with Gasteiger partial charge in [0.2, 0.25) is 6.08 Å². The van der Waals surface area contributed by atoms with Gasteiger partial charge in [-0.2, -0.15) is 4.99 Å². The van der Waals surface area contributed by atoms with Crippen molar-refractivity contribution in [2.45, 2.75) is 83.6 Å². The van der Waals surface area contributed by atoms with Crippen molar-refractivity contribution >= 4 is 6.08 Å². The Labute approximate surface area is 136 Å². The topological polar surface area (TPSA) is 29.4 Å². The summed E-state index contributed by atoms with van der Waals surface area (Å²) in [6.07, 6.45) is 15.9. The molecule has 1 rings (SSSR count). The van der Waals surface area contributed by atoms with Crippen molar-refractivity contribution in [1.29, 1.82) is 0 Å². The first kappa shape index (κ1) is 18.6. The van der Waals surface area contributed by atoms with Crippen LogP contribution in [-0.2, 0) is 4.79 Å². The molecule has 0 heterocycles. The van der Waals surface area contributed by atoms with E-state index in [9.17, 15) is 4.79 Å². The van der Waals surface area contributed by atoms with E-state index in [0.717, 1.165) is 18.4 Å². The SMILES string of the molecule is CCCCCCCCCCCCC(N=C=O)c1[c]cccc1. The Hall–Kier alpha value is -1.40. The third-order valence-electron chi connectivity index (χ3n) is 4.13. The fourth-order valence-corrected chi connectivity index (χ4v) is 2.79. The highest BCUT2D eigenvalue weighted by Gasteiger charge is 2.09. The molecule has 0 spiro atoms. The lowest BCUT2D eigenvalue weighted by Gasteiger charge is -2.10. The van der Waals surface area contributed by atoms with Crippen molar-refractivity contribution < 1.29 is 4.79 Å². The predicted octanol–water partition coefficient (Wildman–Crippen LogP) is 6.17. The molecule has 1 atom stereocenters. The number of hydrogen-bond acceptors (Lipinski definition) is 2. The van der Waals surface area contributed by atoms with E-state index in [1.807, 2.05) is 24.3 Å². The second kappa shape index (κ2) is 13.3. The first-order chi connectivity index (χ1) is 10.9. The van der Waals surface area contributed by atoms with E-state index in [2.05, 4.69) is 18.0 Å². The molecule has 1 aromatic carbocycles. The van der Waals surface area contributed by atoms with E-state index in [0.29, 0.717) is 0 Å². The number of aliphatic imine (C=N–C) groups is 1. The molecule has 2 heteroatoms. The number of carbonyl (C=O) groups excluding carboxylic acids is 1. The molecule has 0 amide bonds. The summed E-state index contributed by atoms with van der Waals surface area (Å²) in [4.78, 5) is 14.5. The monoisotopic (exact) mass is 300 g/mol. The summed E-state index contributed by atoms with van der Waals surface area (Å²) in [6.45, 7) is 2.26. The van der Waals surface area contributed by atoms with Crippen LogP contribution in [0.15, 0.2) is 29.3 Å². The number of nitrogens with zero attached hydrogens (tertiary/aromatic N) is 1. The number of rotatable bonds is 13. The molecule has 0 saturated heterocycles. The summed E-state index contributed by atoms with van der Waals surface area (Å²) in [5.74, 6) is 0. The zero-order valence-corrected chi connectivity index (χ0v) is 14.0. The maximum atomic E-state index is 10.6. The van der Waals surface area contributed by atoms with Crippen LogP contribution in [0.2, 0.25) is 0 Å². The molecule has 0 aliphatic heterocycles. The molecule has 1 radical (unpaired) electrons. The van der Waals surface area contributed by atoms with E-state index < -0.39 is 0 Å². The van der Waals surface area contributed by atoms with Crippen LogP contribution in [0, 0.1) is 6.07 Å². The Bertz CT molecular complexity index is 409. The molecule has 1 aromatic rings. The highest BCUT2D eigenvalue weighted by atomic mass is 16.1. The Kier molecular flexibility index (Phi) is 11.3. The smallest absolute Gasteiger partial charge is 0.211 e. The molecule has 0 saturated carbocycles. The van der Waals surface area contributed by atoms with Gasteiger partial charge in [-0.05, 0) is 18.1 Å². The van der Waals surface area contributed by atoms with Crippen LogP contribution >= 0.6 is 0 Å². The van der Waals surface area contributed by atoms with Gasteiger partial charge >= 0.3 is 0 Å². The molecule has 0 fully saturated rings.